The Hall–Kier alpha value is -2.87. The molecule has 132 valence electrons. The predicted molar refractivity (Wildman–Crippen MR) is 97.4 cm³/mol. The van der Waals surface area contributed by atoms with Crippen LogP contribution >= 0.6 is 0 Å². The molecule has 0 spiro atoms. The third-order valence-corrected chi connectivity index (χ3v) is 4.02. The number of carbonyl (C=O) groups excluding carboxylic acids is 2. The Morgan fingerprint density at radius 2 is 1.64 bits per heavy atom. The predicted octanol–water partition coefficient (Wildman–Crippen LogP) is 1.98. The summed E-state index contributed by atoms with van der Waals surface area (Å²) in [5, 5.41) is 5.26. The summed E-state index contributed by atoms with van der Waals surface area (Å²) in [6.45, 7) is 1.77. The number of hydrogen-bond acceptors (Lipinski definition) is 4. The monoisotopic (exact) mass is 361 g/mol. The lowest BCUT2D eigenvalue weighted by molar-refractivity contribution is 0.0962. The molecule has 7 nitrogen and oxygen atoms in total. The summed E-state index contributed by atoms with van der Waals surface area (Å²) in [6, 6.07) is 11.2. The van der Waals surface area contributed by atoms with Crippen molar-refractivity contribution in [2.75, 3.05) is 23.3 Å². The van der Waals surface area contributed by atoms with Crippen LogP contribution in [0.2, 0.25) is 0 Å². The van der Waals surface area contributed by atoms with E-state index in [0.29, 0.717) is 16.8 Å². The van der Waals surface area contributed by atoms with Gasteiger partial charge in [-0.3, -0.25) is 14.3 Å². The molecule has 0 aliphatic carbocycles. The molecule has 0 aliphatic heterocycles. The number of carbonyl (C=O) groups is 2. The molecule has 3 N–H and O–H groups in total. The van der Waals surface area contributed by atoms with Gasteiger partial charge in [0.1, 0.15) is 0 Å². The summed E-state index contributed by atoms with van der Waals surface area (Å²) in [4.78, 5) is 24.2. The molecular weight excluding hydrogens is 342 g/mol. The summed E-state index contributed by atoms with van der Waals surface area (Å²) in [7, 11) is -1.97. The lowest BCUT2D eigenvalue weighted by Crippen LogP contribution is -2.19. The first kappa shape index (κ1) is 18.5. The Morgan fingerprint density at radius 1 is 0.960 bits per heavy atom. The fraction of sp³-hybridized carbons (Fsp3) is 0.176. The summed E-state index contributed by atoms with van der Waals surface area (Å²) in [6.07, 6.45) is 1.02. The van der Waals surface area contributed by atoms with Crippen molar-refractivity contribution in [3.05, 3.63) is 59.2 Å². The number of para-hydroxylation sites is 1. The van der Waals surface area contributed by atoms with Gasteiger partial charge in [0.25, 0.3) is 11.8 Å². The second-order valence-electron chi connectivity index (χ2n) is 5.48. The van der Waals surface area contributed by atoms with Crippen LogP contribution in [0.25, 0.3) is 0 Å². The number of aryl methyl sites for hydroxylation is 1. The van der Waals surface area contributed by atoms with Crippen molar-refractivity contribution in [2.45, 2.75) is 6.92 Å². The number of amides is 2. The lowest BCUT2D eigenvalue weighted by Gasteiger charge is -2.13. The zero-order chi connectivity index (χ0) is 18.6. The number of benzene rings is 2. The molecule has 0 bridgehead atoms. The number of rotatable bonds is 5. The number of nitrogens with one attached hydrogen (secondary N) is 3. The highest BCUT2D eigenvalue weighted by molar-refractivity contribution is 7.92. The maximum Gasteiger partial charge on any atom is 0.257 e. The van der Waals surface area contributed by atoms with Crippen LogP contribution in [0.4, 0.5) is 11.4 Å². The maximum absolute atomic E-state index is 12.5. The number of sulfonamides is 1. The summed E-state index contributed by atoms with van der Waals surface area (Å²) in [5.41, 5.74) is 2.12. The van der Waals surface area contributed by atoms with Crippen molar-refractivity contribution in [1.82, 2.24) is 5.32 Å². The molecule has 0 saturated heterocycles. The van der Waals surface area contributed by atoms with Gasteiger partial charge in [0, 0.05) is 18.3 Å². The lowest BCUT2D eigenvalue weighted by atomic mass is 10.1. The molecule has 8 heteroatoms. The van der Waals surface area contributed by atoms with Crippen molar-refractivity contribution in [1.29, 1.82) is 0 Å². The average molecular weight is 361 g/mol. The second-order valence-corrected chi connectivity index (χ2v) is 7.23. The highest BCUT2D eigenvalue weighted by Crippen LogP contribution is 2.21. The van der Waals surface area contributed by atoms with E-state index in [1.165, 1.54) is 12.1 Å². The van der Waals surface area contributed by atoms with Gasteiger partial charge in [0.05, 0.1) is 17.5 Å². The minimum Gasteiger partial charge on any atom is -0.355 e. The summed E-state index contributed by atoms with van der Waals surface area (Å²) < 4.78 is 25.2. The van der Waals surface area contributed by atoms with Gasteiger partial charge in [-0.2, -0.15) is 0 Å². The van der Waals surface area contributed by atoms with E-state index in [1.807, 2.05) is 0 Å². The molecule has 0 heterocycles. The van der Waals surface area contributed by atoms with Gasteiger partial charge in [0.15, 0.2) is 0 Å². The minimum absolute atomic E-state index is 0.196. The van der Waals surface area contributed by atoms with Gasteiger partial charge in [0.2, 0.25) is 10.0 Å². The Morgan fingerprint density at radius 3 is 2.24 bits per heavy atom. The van der Waals surface area contributed by atoms with Crippen molar-refractivity contribution >= 4 is 33.2 Å². The Bertz CT molecular complexity index is 923. The quantitative estimate of drug-likeness (QED) is 0.757. The van der Waals surface area contributed by atoms with Crippen LogP contribution in [-0.4, -0.2) is 33.5 Å². The summed E-state index contributed by atoms with van der Waals surface area (Å²) >= 11 is 0. The molecule has 0 fully saturated rings. The average Bonchev–Trinajstić information content (AvgIpc) is 2.54. The molecule has 0 unspecified atom stereocenters. The molecule has 0 atom stereocenters. The Balaban J connectivity index is 2.28. The normalized spacial score (nSPS) is 10.8. The SMILES string of the molecule is CNC(=O)c1ccc(NC(=O)c2ccccc2NS(C)(=O)=O)c(C)c1. The topological polar surface area (TPSA) is 104 Å². The summed E-state index contributed by atoms with van der Waals surface area (Å²) in [5.74, 6) is -0.675. The Kier molecular flexibility index (Phi) is 5.43. The third kappa shape index (κ3) is 4.80. The molecule has 0 aliphatic rings. The van der Waals surface area contributed by atoms with Crippen LogP contribution in [0.5, 0.6) is 0 Å². The van der Waals surface area contributed by atoms with Crippen molar-refractivity contribution in [2.24, 2.45) is 0 Å². The number of anilines is 2. The van der Waals surface area contributed by atoms with E-state index in [4.69, 9.17) is 0 Å². The largest absolute Gasteiger partial charge is 0.355 e. The molecule has 2 rings (SSSR count). The molecule has 2 amide bonds. The van der Waals surface area contributed by atoms with E-state index in [2.05, 4.69) is 15.4 Å². The highest BCUT2D eigenvalue weighted by atomic mass is 32.2. The highest BCUT2D eigenvalue weighted by Gasteiger charge is 2.15. The van der Waals surface area contributed by atoms with E-state index < -0.39 is 15.9 Å². The van der Waals surface area contributed by atoms with E-state index >= 15 is 0 Å². The van der Waals surface area contributed by atoms with Gasteiger partial charge < -0.3 is 10.6 Å². The van der Waals surface area contributed by atoms with Gasteiger partial charge in [-0.15, -0.1) is 0 Å². The fourth-order valence-corrected chi connectivity index (χ4v) is 2.83. The van der Waals surface area contributed by atoms with E-state index in [-0.39, 0.29) is 17.2 Å². The van der Waals surface area contributed by atoms with Crippen LogP contribution in [0.1, 0.15) is 26.3 Å². The van der Waals surface area contributed by atoms with E-state index in [9.17, 15) is 18.0 Å². The van der Waals surface area contributed by atoms with Gasteiger partial charge >= 0.3 is 0 Å². The van der Waals surface area contributed by atoms with Crippen LogP contribution < -0.4 is 15.4 Å². The van der Waals surface area contributed by atoms with Gasteiger partial charge in [-0.05, 0) is 42.8 Å². The molecule has 2 aromatic rings. The van der Waals surface area contributed by atoms with Crippen LogP contribution in [0.15, 0.2) is 42.5 Å². The number of hydrogen-bond donors (Lipinski definition) is 3. The first-order valence-corrected chi connectivity index (χ1v) is 9.31. The van der Waals surface area contributed by atoms with Crippen molar-refractivity contribution in [3.63, 3.8) is 0 Å². The first-order valence-electron chi connectivity index (χ1n) is 7.42. The van der Waals surface area contributed by atoms with Crippen LogP contribution in [-0.2, 0) is 10.0 Å². The van der Waals surface area contributed by atoms with E-state index in [0.717, 1.165) is 6.26 Å². The standard InChI is InChI=1S/C17H19N3O4S/c1-11-10-12(16(21)18-2)8-9-14(11)19-17(22)13-6-4-5-7-15(13)20-25(3,23)24/h4-10,20H,1-3H3,(H,18,21)(H,19,22). The first-order chi connectivity index (χ1) is 11.7. The van der Waals surface area contributed by atoms with Crippen LogP contribution in [0, 0.1) is 6.92 Å². The fourth-order valence-electron chi connectivity index (χ4n) is 2.25. The minimum atomic E-state index is -3.51. The Labute approximate surface area is 146 Å². The van der Waals surface area contributed by atoms with Gasteiger partial charge in [-0.1, -0.05) is 12.1 Å². The van der Waals surface area contributed by atoms with E-state index in [1.54, 1.807) is 44.3 Å². The molecule has 25 heavy (non-hydrogen) atoms. The molecule has 2 aromatic carbocycles. The second kappa shape index (κ2) is 7.35. The zero-order valence-electron chi connectivity index (χ0n) is 14.1. The van der Waals surface area contributed by atoms with Crippen molar-refractivity contribution < 1.29 is 18.0 Å². The van der Waals surface area contributed by atoms with Gasteiger partial charge in [-0.25, -0.2) is 8.42 Å². The smallest absolute Gasteiger partial charge is 0.257 e. The zero-order valence-corrected chi connectivity index (χ0v) is 14.9. The van der Waals surface area contributed by atoms with Crippen LogP contribution in [0.3, 0.4) is 0 Å². The molecule has 0 aromatic heterocycles. The third-order valence-electron chi connectivity index (χ3n) is 3.43. The molecule has 0 saturated carbocycles. The molecular formula is C17H19N3O4S. The molecule has 0 radical (unpaired) electrons. The maximum atomic E-state index is 12.5. The van der Waals surface area contributed by atoms with Crippen molar-refractivity contribution in [3.8, 4) is 0 Å².